The number of hydrogen-bond acceptors (Lipinski definition) is 1. The van der Waals surface area contributed by atoms with E-state index in [-0.39, 0.29) is 24.0 Å². The van der Waals surface area contributed by atoms with Crippen LogP contribution < -0.4 is 10.6 Å². The lowest BCUT2D eigenvalue weighted by Gasteiger charge is -2.17. The van der Waals surface area contributed by atoms with Crippen molar-refractivity contribution in [2.24, 2.45) is 4.99 Å². The Hall–Kier alpha value is -0.270. The molecule has 0 saturated heterocycles. The second-order valence-corrected chi connectivity index (χ2v) is 6.06. The highest BCUT2D eigenvalue weighted by molar-refractivity contribution is 14.0. The predicted octanol–water partition coefficient (Wildman–Crippen LogP) is 4.15. The van der Waals surface area contributed by atoms with Gasteiger partial charge in [-0.2, -0.15) is 0 Å². The average molecular weight is 485 g/mol. The van der Waals surface area contributed by atoms with Crippen LogP contribution >= 0.6 is 51.5 Å². The zero-order valence-electron chi connectivity index (χ0n) is 11.9. The van der Waals surface area contributed by atoms with Gasteiger partial charge in [-0.25, -0.2) is 0 Å². The first kappa shape index (κ1) is 18.8. The van der Waals surface area contributed by atoms with Crippen LogP contribution in [0.2, 0.25) is 5.02 Å². The van der Waals surface area contributed by atoms with Crippen LogP contribution in [-0.2, 0) is 6.42 Å². The number of nitrogens with zero attached hydrogens (tertiary/aromatic N) is 1. The van der Waals surface area contributed by atoms with E-state index in [9.17, 15) is 0 Å². The van der Waals surface area contributed by atoms with Gasteiger partial charge in [-0.15, -0.1) is 24.0 Å². The Kier molecular flexibility index (Phi) is 8.66. The first-order chi connectivity index (χ1) is 9.69. The molecule has 0 saturated carbocycles. The third-order valence-electron chi connectivity index (χ3n) is 3.27. The molecule has 1 aliphatic rings. The first-order valence-corrected chi connectivity index (χ1v) is 7.92. The Morgan fingerprint density at radius 3 is 2.76 bits per heavy atom. The van der Waals surface area contributed by atoms with Gasteiger partial charge in [0.1, 0.15) is 0 Å². The normalized spacial score (nSPS) is 14.9. The third kappa shape index (κ3) is 6.16. The van der Waals surface area contributed by atoms with Gasteiger partial charge in [-0.1, -0.05) is 39.7 Å². The van der Waals surface area contributed by atoms with E-state index < -0.39 is 0 Å². The van der Waals surface area contributed by atoms with Crippen molar-refractivity contribution < 1.29 is 0 Å². The van der Waals surface area contributed by atoms with Crippen molar-refractivity contribution in [1.29, 1.82) is 0 Å². The van der Waals surface area contributed by atoms with Crippen LogP contribution in [0.25, 0.3) is 0 Å². The molecule has 1 aliphatic carbocycles. The molecule has 3 nitrogen and oxygen atoms in total. The van der Waals surface area contributed by atoms with Gasteiger partial charge in [0.25, 0.3) is 0 Å². The number of aliphatic imine (C=N–C) groups is 1. The maximum atomic E-state index is 6.01. The van der Waals surface area contributed by atoms with E-state index in [4.69, 9.17) is 11.6 Å². The van der Waals surface area contributed by atoms with Crippen LogP contribution in [0, 0.1) is 0 Å². The van der Waals surface area contributed by atoms with Crippen molar-refractivity contribution in [2.45, 2.75) is 25.3 Å². The first-order valence-electron chi connectivity index (χ1n) is 6.75. The fourth-order valence-electron chi connectivity index (χ4n) is 2.17. The topological polar surface area (TPSA) is 36.4 Å². The number of benzene rings is 1. The highest BCUT2D eigenvalue weighted by Gasteiger charge is 2.11. The molecule has 116 valence electrons. The Bertz CT molecular complexity index is 512. The summed E-state index contributed by atoms with van der Waals surface area (Å²) in [5.41, 5.74) is 1.20. The zero-order chi connectivity index (χ0) is 14.4. The minimum Gasteiger partial charge on any atom is -0.356 e. The summed E-state index contributed by atoms with van der Waals surface area (Å²) in [7, 11) is 1.80. The molecule has 0 amide bonds. The predicted molar refractivity (Wildman–Crippen MR) is 105 cm³/mol. The van der Waals surface area contributed by atoms with E-state index in [1.54, 1.807) is 7.05 Å². The molecule has 0 spiro atoms. The monoisotopic (exact) mass is 483 g/mol. The lowest BCUT2D eigenvalue weighted by Crippen LogP contribution is -2.43. The summed E-state index contributed by atoms with van der Waals surface area (Å²) in [5, 5.41) is 7.52. The molecule has 0 bridgehead atoms. The maximum absolute atomic E-state index is 6.01. The smallest absolute Gasteiger partial charge is 0.191 e. The van der Waals surface area contributed by atoms with E-state index in [1.807, 2.05) is 18.2 Å². The van der Waals surface area contributed by atoms with E-state index in [2.05, 4.69) is 43.7 Å². The Balaban J connectivity index is 0.00000220. The van der Waals surface area contributed by atoms with Gasteiger partial charge in [0, 0.05) is 29.1 Å². The molecule has 0 aliphatic heterocycles. The maximum Gasteiger partial charge on any atom is 0.191 e. The Morgan fingerprint density at radius 2 is 2.10 bits per heavy atom. The molecule has 2 N–H and O–H groups in total. The van der Waals surface area contributed by atoms with Crippen molar-refractivity contribution >= 4 is 57.5 Å². The van der Waals surface area contributed by atoms with Gasteiger partial charge < -0.3 is 10.6 Å². The summed E-state index contributed by atoms with van der Waals surface area (Å²) in [6.45, 7) is 0.818. The van der Waals surface area contributed by atoms with Crippen LogP contribution in [0.1, 0.15) is 18.4 Å². The van der Waals surface area contributed by atoms with Crippen LogP contribution in [0.4, 0.5) is 0 Å². The largest absolute Gasteiger partial charge is 0.356 e. The van der Waals surface area contributed by atoms with Crippen LogP contribution in [0.15, 0.2) is 39.8 Å². The number of hydrogen-bond donors (Lipinski definition) is 2. The van der Waals surface area contributed by atoms with Gasteiger partial charge in [-0.05, 0) is 43.0 Å². The molecule has 0 atom stereocenters. The highest BCUT2D eigenvalue weighted by Crippen LogP contribution is 2.21. The molecule has 1 aromatic rings. The summed E-state index contributed by atoms with van der Waals surface area (Å²) >= 11 is 9.56. The highest BCUT2D eigenvalue weighted by atomic mass is 127. The van der Waals surface area contributed by atoms with Gasteiger partial charge >= 0.3 is 0 Å². The lowest BCUT2D eigenvalue weighted by atomic mass is 10.1. The molecule has 0 heterocycles. The molecular weight excluding hydrogens is 464 g/mol. The molecule has 0 radical (unpaired) electrons. The zero-order valence-corrected chi connectivity index (χ0v) is 16.6. The number of rotatable bonds is 4. The molecule has 0 unspecified atom stereocenters. The number of guanidine groups is 1. The van der Waals surface area contributed by atoms with Crippen LogP contribution in [0.3, 0.4) is 0 Å². The summed E-state index contributed by atoms with van der Waals surface area (Å²) in [5.74, 6) is 0.858. The van der Waals surface area contributed by atoms with E-state index in [0.717, 1.165) is 41.3 Å². The average Bonchev–Trinajstić information content (AvgIpc) is 2.94. The van der Waals surface area contributed by atoms with E-state index in [1.165, 1.54) is 5.56 Å². The van der Waals surface area contributed by atoms with Crippen LogP contribution in [-0.4, -0.2) is 25.6 Å². The Labute approximate surface area is 156 Å². The molecule has 2 rings (SSSR count). The Morgan fingerprint density at radius 1 is 1.38 bits per heavy atom. The molecular formula is C15H20BrClIN3. The van der Waals surface area contributed by atoms with Gasteiger partial charge in [0.05, 0.1) is 0 Å². The standard InChI is InChI=1S/C15H19BrClN3.HI/c1-18-15(20-13-4-2-3-5-13)19-9-8-11-10-12(17)6-7-14(11)16;/h2-3,6-7,10,13H,4-5,8-9H2,1H3,(H2,18,19,20);1H. The minimum absolute atomic E-state index is 0. The van der Waals surface area contributed by atoms with E-state index >= 15 is 0 Å². The molecule has 0 aromatic heterocycles. The quantitative estimate of drug-likeness (QED) is 0.292. The molecule has 1 aromatic carbocycles. The number of halogens is 3. The third-order valence-corrected chi connectivity index (χ3v) is 4.28. The second-order valence-electron chi connectivity index (χ2n) is 4.77. The summed E-state index contributed by atoms with van der Waals surface area (Å²) in [6.07, 6.45) is 7.44. The fraction of sp³-hybridized carbons (Fsp3) is 0.400. The van der Waals surface area contributed by atoms with Crippen molar-refractivity contribution in [3.05, 3.63) is 45.4 Å². The van der Waals surface area contributed by atoms with Crippen molar-refractivity contribution in [3.8, 4) is 0 Å². The summed E-state index contributed by atoms with van der Waals surface area (Å²) < 4.78 is 1.09. The van der Waals surface area contributed by atoms with Crippen molar-refractivity contribution in [2.75, 3.05) is 13.6 Å². The molecule has 0 fully saturated rings. The SMILES string of the molecule is CN=C(NCCc1cc(Cl)ccc1Br)NC1CC=CC1.I. The summed E-state index contributed by atoms with van der Waals surface area (Å²) in [6, 6.07) is 6.33. The summed E-state index contributed by atoms with van der Waals surface area (Å²) in [4.78, 5) is 4.25. The minimum atomic E-state index is 0. The second kappa shape index (κ2) is 9.69. The van der Waals surface area contributed by atoms with Gasteiger partial charge in [-0.3, -0.25) is 4.99 Å². The number of nitrogens with one attached hydrogen (secondary N) is 2. The van der Waals surface area contributed by atoms with Crippen LogP contribution in [0.5, 0.6) is 0 Å². The fourth-order valence-corrected chi connectivity index (χ4v) is 2.81. The molecule has 21 heavy (non-hydrogen) atoms. The van der Waals surface area contributed by atoms with Crippen molar-refractivity contribution in [3.63, 3.8) is 0 Å². The molecule has 6 heteroatoms. The van der Waals surface area contributed by atoms with Crippen molar-refractivity contribution in [1.82, 2.24) is 10.6 Å². The lowest BCUT2D eigenvalue weighted by molar-refractivity contribution is 0.633. The van der Waals surface area contributed by atoms with Gasteiger partial charge in [0.2, 0.25) is 0 Å². The van der Waals surface area contributed by atoms with Gasteiger partial charge in [0.15, 0.2) is 5.96 Å². The van der Waals surface area contributed by atoms with E-state index in [0.29, 0.717) is 6.04 Å².